The molecule has 1 atom stereocenters. The molecule has 0 radical (unpaired) electrons. The topological polar surface area (TPSA) is 133 Å². The molecule has 0 unspecified atom stereocenters. The monoisotopic (exact) mass is 244 g/mol. The Morgan fingerprint density at radius 1 is 1.44 bits per heavy atom. The number of hydrogen-bond acceptors (Lipinski definition) is 6. The normalized spacial score (nSPS) is 12.2. The van der Waals surface area contributed by atoms with E-state index in [4.69, 9.17) is 28.8 Å². The van der Waals surface area contributed by atoms with Gasteiger partial charge in [-0.3, -0.25) is 4.79 Å². The van der Waals surface area contributed by atoms with Crippen LogP contribution in [0.25, 0.3) is 0 Å². The van der Waals surface area contributed by atoms with Crippen LogP contribution in [-0.4, -0.2) is 28.5 Å². The molecule has 8 heteroatoms. The number of carbonyl (C=O) groups excluding carboxylic acids is 1. The Bertz CT molecular complexity index is 408. The van der Waals surface area contributed by atoms with E-state index < -0.39 is 5.91 Å². The number of rotatable bonds is 3. The van der Waals surface area contributed by atoms with Crippen LogP contribution < -0.4 is 22.5 Å². The molecule has 88 valence electrons. The molecule has 1 aromatic heterocycles. The van der Waals surface area contributed by atoms with E-state index in [1.54, 1.807) is 6.92 Å². The number of aromatic nitrogens is 2. The average Bonchev–Trinajstić information content (AvgIpc) is 2.20. The molecule has 0 aromatic carbocycles. The van der Waals surface area contributed by atoms with E-state index in [1.165, 1.54) is 0 Å². The van der Waals surface area contributed by atoms with Crippen molar-refractivity contribution in [2.75, 3.05) is 18.0 Å². The number of carbonyl (C=O) groups is 1. The molecule has 7 nitrogen and oxygen atoms in total. The van der Waals surface area contributed by atoms with E-state index in [2.05, 4.69) is 15.3 Å². The van der Waals surface area contributed by atoms with Crippen molar-refractivity contribution < 1.29 is 4.79 Å². The SMILES string of the molecule is C[C@H](N)CNC(=O)c1nc(Cl)c(N)nc1N. The second-order valence-corrected chi connectivity index (χ2v) is 3.68. The average molecular weight is 245 g/mol. The van der Waals surface area contributed by atoms with Gasteiger partial charge in [-0.1, -0.05) is 11.6 Å². The zero-order chi connectivity index (χ0) is 12.3. The number of nitrogens with two attached hydrogens (primary N) is 3. The van der Waals surface area contributed by atoms with Crippen LogP contribution in [0.4, 0.5) is 11.6 Å². The van der Waals surface area contributed by atoms with Gasteiger partial charge in [0.15, 0.2) is 22.5 Å². The Morgan fingerprint density at radius 3 is 2.62 bits per heavy atom. The summed E-state index contributed by atoms with van der Waals surface area (Å²) in [7, 11) is 0. The van der Waals surface area contributed by atoms with Crippen molar-refractivity contribution in [1.82, 2.24) is 15.3 Å². The standard InChI is InChI=1S/C8H13ClN6O/c1-3(10)2-13-8(16)4-6(11)15-7(12)5(9)14-4/h3H,2,10H2,1H3,(H,13,16)(H4,11,12,15)/t3-/m0/s1. The Labute approximate surface area is 97.4 Å². The molecule has 0 saturated carbocycles. The highest BCUT2D eigenvalue weighted by Crippen LogP contribution is 2.16. The van der Waals surface area contributed by atoms with Gasteiger partial charge in [0.25, 0.3) is 5.91 Å². The summed E-state index contributed by atoms with van der Waals surface area (Å²) in [5.74, 6) is -0.559. The molecule has 0 saturated heterocycles. The minimum absolute atomic E-state index is 0.0112. The van der Waals surface area contributed by atoms with Gasteiger partial charge in [-0.25, -0.2) is 9.97 Å². The number of nitrogens with zero attached hydrogens (tertiary/aromatic N) is 2. The van der Waals surface area contributed by atoms with Gasteiger partial charge in [-0.2, -0.15) is 0 Å². The van der Waals surface area contributed by atoms with Crippen LogP contribution in [0.5, 0.6) is 0 Å². The van der Waals surface area contributed by atoms with E-state index in [0.29, 0.717) is 6.54 Å². The molecule has 1 aromatic rings. The fraction of sp³-hybridized carbons (Fsp3) is 0.375. The van der Waals surface area contributed by atoms with E-state index in [9.17, 15) is 4.79 Å². The summed E-state index contributed by atoms with van der Waals surface area (Å²) in [5.41, 5.74) is 16.3. The first-order valence-corrected chi connectivity index (χ1v) is 4.92. The van der Waals surface area contributed by atoms with Crippen molar-refractivity contribution in [2.45, 2.75) is 13.0 Å². The number of amides is 1. The first kappa shape index (κ1) is 12.5. The van der Waals surface area contributed by atoms with Crippen LogP contribution in [0.2, 0.25) is 5.15 Å². The van der Waals surface area contributed by atoms with Crippen LogP contribution in [-0.2, 0) is 0 Å². The summed E-state index contributed by atoms with van der Waals surface area (Å²) in [5, 5.41) is 2.48. The quantitative estimate of drug-likeness (QED) is 0.560. The molecule has 0 bridgehead atoms. The molecule has 0 aliphatic rings. The highest BCUT2D eigenvalue weighted by Gasteiger charge is 2.15. The van der Waals surface area contributed by atoms with Crippen molar-refractivity contribution in [2.24, 2.45) is 5.73 Å². The highest BCUT2D eigenvalue weighted by molar-refractivity contribution is 6.31. The zero-order valence-electron chi connectivity index (χ0n) is 8.70. The second kappa shape index (κ2) is 4.95. The van der Waals surface area contributed by atoms with Gasteiger partial charge < -0.3 is 22.5 Å². The lowest BCUT2D eigenvalue weighted by atomic mass is 10.3. The lowest BCUT2D eigenvalue weighted by Crippen LogP contribution is -2.36. The van der Waals surface area contributed by atoms with Crippen molar-refractivity contribution >= 4 is 29.1 Å². The fourth-order valence-electron chi connectivity index (χ4n) is 0.946. The number of hydrogen-bond donors (Lipinski definition) is 4. The lowest BCUT2D eigenvalue weighted by Gasteiger charge is -2.09. The molecule has 0 spiro atoms. The van der Waals surface area contributed by atoms with Gasteiger partial charge in [0.05, 0.1) is 0 Å². The van der Waals surface area contributed by atoms with Crippen molar-refractivity contribution in [3.63, 3.8) is 0 Å². The summed E-state index contributed by atoms with van der Waals surface area (Å²) in [4.78, 5) is 19.0. The lowest BCUT2D eigenvalue weighted by molar-refractivity contribution is 0.0947. The molecule has 7 N–H and O–H groups in total. The Morgan fingerprint density at radius 2 is 2.06 bits per heavy atom. The molecule has 1 amide bonds. The molecular weight excluding hydrogens is 232 g/mol. The maximum absolute atomic E-state index is 11.6. The number of halogens is 1. The van der Waals surface area contributed by atoms with Crippen LogP contribution in [0.3, 0.4) is 0 Å². The summed E-state index contributed by atoms with van der Waals surface area (Å²) in [6, 6.07) is -0.164. The van der Waals surface area contributed by atoms with E-state index in [-0.39, 0.29) is 28.5 Å². The third-order valence-electron chi connectivity index (χ3n) is 1.70. The van der Waals surface area contributed by atoms with Crippen LogP contribution in [0.1, 0.15) is 17.4 Å². The third kappa shape index (κ3) is 2.94. The number of nitrogen functional groups attached to an aromatic ring is 2. The molecule has 0 aliphatic carbocycles. The van der Waals surface area contributed by atoms with Gasteiger partial charge in [0.1, 0.15) is 0 Å². The van der Waals surface area contributed by atoms with E-state index in [1.807, 2.05) is 0 Å². The fourth-order valence-corrected chi connectivity index (χ4v) is 1.07. The molecule has 1 heterocycles. The molecule has 0 aliphatic heterocycles. The first-order chi connectivity index (χ1) is 7.41. The Kier molecular flexibility index (Phi) is 3.86. The third-order valence-corrected chi connectivity index (χ3v) is 1.98. The van der Waals surface area contributed by atoms with Crippen molar-refractivity contribution in [1.29, 1.82) is 0 Å². The van der Waals surface area contributed by atoms with Crippen molar-refractivity contribution in [3.05, 3.63) is 10.8 Å². The molecule has 16 heavy (non-hydrogen) atoms. The van der Waals surface area contributed by atoms with Crippen molar-refractivity contribution in [3.8, 4) is 0 Å². The van der Waals surface area contributed by atoms with Gasteiger partial charge in [-0.05, 0) is 6.92 Å². The Hall–Kier alpha value is -1.60. The smallest absolute Gasteiger partial charge is 0.273 e. The summed E-state index contributed by atoms with van der Waals surface area (Å²) >= 11 is 5.63. The first-order valence-electron chi connectivity index (χ1n) is 4.54. The Balaban J connectivity index is 2.87. The maximum atomic E-state index is 11.6. The molecular formula is C8H13ClN6O. The minimum atomic E-state index is -0.482. The summed E-state index contributed by atoms with van der Waals surface area (Å²) in [6.45, 7) is 2.06. The van der Waals surface area contributed by atoms with Gasteiger partial charge in [-0.15, -0.1) is 0 Å². The van der Waals surface area contributed by atoms with E-state index >= 15 is 0 Å². The number of nitrogens with one attached hydrogen (secondary N) is 1. The number of anilines is 2. The van der Waals surface area contributed by atoms with Crippen LogP contribution in [0, 0.1) is 0 Å². The second-order valence-electron chi connectivity index (χ2n) is 3.32. The van der Waals surface area contributed by atoms with Crippen LogP contribution >= 0.6 is 11.6 Å². The molecule has 1 rings (SSSR count). The predicted octanol–water partition coefficient (Wildman–Crippen LogP) is -0.629. The van der Waals surface area contributed by atoms with Gasteiger partial charge in [0.2, 0.25) is 0 Å². The van der Waals surface area contributed by atoms with Crippen LogP contribution in [0.15, 0.2) is 0 Å². The minimum Gasteiger partial charge on any atom is -0.382 e. The van der Waals surface area contributed by atoms with Gasteiger partial charge >= 0.3 is 0 Å². The molecule has 0 fully saturated rings. The van der Waals surface area contributed by atoms with Gasteiger partial charge in [0, 0.05) is 12.6 Å². The van der Waals surface area contributed by atoms with E-state index in [0.717, 1.165) is 0 Å². The summed E-state index contributed by atoms with van der Waals surface area (Å²) < 4.78 is 0. The highest BCUT2D eigenvalue weighted by atomic mass is 35.5. The maximum Gasteiger partial charge on any atom is 0.273 e. The zero-order valence-corrected chi connectivity index (χ0v) is 9.45. The summed E-state index contributed by atoms with van der Waals surface area (Å²) in [6.07, 6.45) is 0. The largest absolute Gasteiger partial charge is 0.382 e. The predicted molar refractivity (Wildman–Crippen MR) is 61.8 cm³/mol.